The molecule has 6 rings (SSSR count). The van der Waals surface area contributed by atoms with Crippen LogP contribution in [0.1, 0.15) is 49.7 Å². The van der Waals surface area contributed by atoms with Gasteiger partial charge in [-0.3, -0.25) is 14.4 Å². The minimum atomic E-state index is -4.64. The number of rotatable bonds is 8. The van der Waals surface area contributed by atoms with Crippen LogP contribution in [0.15, 0.2) is 29.1 Å². The van der Waals surface area contributed by atoms with Crippen LogP contribution in [0, 0.1) is 0 Å². The van der Waals surface area contributed by atoms with Gasteiger partial charge in [0.15, 0.2) is 5.82 Å². The molecule has 0 spiro atoms. The number of piperazine rings is 1. The monoisotopic (exact) mass is 713 g/mol. The number of amides is 2. The largest absolute Gasteiger partial charge is 0.416 e. The Labute approximate surface area is 281 Å². The van der Waals surface area contributed by atoms with Gasteiger partial charge in [-0.1, -0.05) is 24.6 Å². The van der Waals surface area contributed by atoms with Crippen LogP contribution in [0.2, 0.25) is 5.02 Å². The normalized spacial score (nSPS) is 18.3. The number of hydrogen-bond donors (Lipinski definition) is 2. The van der Waals surface area contributed by atoms with Crippen LogP contribution in [0.4, 0.5) is 33.3 Å². The Morgan fingerprint density at radius 1 is 1.12 bits per heavy atom. The lowest BCUT2D eigenvalue weighted by atomic mass is 9.75. The summed E-state index contributed by atoms with van der Waals surface area (Å²) >= 11 is 6.07. The highest BCUT2D eigenvalue weighted by molar-refractivity contribution is 6.33. The Bertz CT molecular complexity index is 1880. The van der Waals surface area contributed by atoms with E-state index in [4.69, 9.17) is 16.3 Å². The van der Waals surface area contributed by atoms with Gasteiger partial charge in [-0.2, -0.15) is 31.5 Å². The molecule has 2 N–H and O–H groups in total. The molecular weight excluding hydrogens is 681 g/mol. The highest BCUT2D eigenvalue weighted by atomic mass is 35.5. The van der Waals surface area contributed by atoms with E-state index in [1.165, 1.54) is 4.57 Å². The predicted octanol–water partition coefficient (Wildman–Crippen LogP) is 3.77. The number of carbonyl (C=O) groups is 2. The van der Waals surface area contributed by atoms with Gasteiger partial charge in [-0.25, -0.2) is 0 Å². The molecule has 0 atom stereocenters. The molecule has 2 aliphatic heterocycles. The Kier molecular flexibility index (Phi) is 9.21. The van der Waals surface area contributed by atoms with Gasteiger partial charge in [0.25, 0.3) is 11.5 Å². The van der Waals surface area contributed by atoms with Gasteiger partial charge in [0.05, 0.1) is 35.2 Å². The first kappa shape index (κ1) is 34.8. The summed E-state index contributed by atoms with van der Waals surface area (Å²) in [6, 6.07) is 2.52. The lowest BCUT2D eigenvalue weighted by Gasteiger charge is -2.44. The Hall–Kier alpha value is -4.09. The first-order valence-corrected chi connectivity index (χ1v) is 16.1. The fraction of sp³-hybridized carbons (Fsp3) is 0.516. The maximum absolute atomic E-state index is 15.0. The fourth-order valence-corrected chi connectivity index (χ4v) is 6.51. The average Bonchev–Trinajstić information content (AvgIpc) is 3.51. The smallest absolute Gasteiger partial charge is 0.383 e. The van der Waals surface area contributed by atoms with E-state index in [2.05, 4.69) is 15.4 Å². The minimum absolute atomic E-state index is 0.00853. The fourth-order valence-electron chi connectivity index (χ4n) is 6.28. The molecule has 4 heterocycles. The predicted molar refractivity (Wildman–Crippen MR) is 168 cm³/mol. The van der Waals surface area contributed by atoms with Crippen LogP contribution in [-0.2, 0) is 33.5 Å². The molecule has 3 aliphatic rings. The van der Waals surface area contributed by atoms with Gasteiger partial charge in [0.2, 0.25) is 11.7 Å². The third-order valence-electron chi connectivity index (χ3n) is 9.20. The van der Waals surface area contributed by atoms with Crippen LogP contribution >= 0.6 is 11.6 Å². The Balaban J connectivity index is 1.33. The van der Waals surface area contributed by atoms with Crippen molar-refractivity contribution >= 4 is 46.1 Å². The van der Waals surface area contributed by atoms with E-state index in [0.29, 0.717) is 37.8 Å². The number of fused-ring (bicyclic) bond motifs is 1. The quantitative estimate of drug-likeness (QED) is 0.337. The molecule has 2 amide bonds. The van der Waals surface area contributed by atoms with Crippen molar-refractivity contribution in [2.45, 2.75) is 63.3 Å². The van der Waals surface area contributed by atoms with Crippen LogP contribution in [0.25, 0.3) is 11.4 Å². The molecule has 1 saturated carbocycles. The van der Waals surface area contributed by atoms with Gasteiger partial charge in [-0.15, -0.1) is 5.10 Å². The first-order valence-electron chi connectivity index (χ1n) is 15.8. The molecule has 0 bridgehead atoms. The van der Waals surface area contributed by atoms with Gasteiger partial charge in [0.1, 0.15) is 17.8 Å². The van der Waals surface area contributed by atoms with Crippen molar-refractivity contribution in [2.24, 2.45) is 0 Å². The number of halogens is 6. The number of nitrogens with zero attached hydrogens (tertiary/aromatic N) is 6. The van der Waals surface area contributed by atoms with Crippen molar-refractivity contribution in [1.29, 1.82) is 0 Å². The SMILES string of the molecule is CCc1c(N2CCN(C(=O)C(F)(F)C3(O)CCC3)CC2)c(=O)n2nc(C3=CCOCC3)nc2n1CC(=O)Nc1ccc(C(F)(F)F)cc1Cl. The Morgan fingerprint density at radius 2 is 1.84 bits per heavy atom. The zero-order valence-corrected chi connectivity index (χ0v) is 27.1. The number of aliphatic hydroxyl groups is 1. The summed E-state index contributed by atoms with van der Waals surface area (Å²) in [7, 11) is 0. The number of nitrogens with one attached hydrogen (secondary N) is 1. The van der Waals surface area contributed by atoms with Gasteiger partial charge in [-0.05, 0) is 55.9 Å². The zero-order chi connectivity index (χ0) is 35.3. The summed E-state index contributed by atoms with van der Waals surface area (Å²) in [6.07, 6.45) is -2.13. The summed E-state index contributed by atoms with van der Waals surface area (Å²) in [6.45, 7) is 1.69. The van der Waals surface area contributed by atoms with Crippen molar-refractivity contribution in [3.05, 3.63) is 56.7 Å². The van der Waals surface area contributed by atoms with E-state index >= 15 is 0 Å². The van der Waals surface area contributed by atoms with Gasteiger partial charge < -0.3 is 29.5 Å². The number of alkyl halides is 5. The molecule has 1 aliphatic carbocycles. The highest BCUT2D eigenvalue weighted by Crippen LogP contribution is 2.45. The van der Waals surface area contributed by atoms with Crippen molar-refractivity contribution in [3.8, 4) is 0 Å². The molecular formula is C31H33ClF5N7O5. The van der Waals surface area contributed by atoms with Crippen molar-refractivity contribution in [3.63, 3.8) is 0 Å². The topological polar surface area (TPSA) is 134 Å². The third kappa shape index (κ3) is 6.38. The number of ether oxygens (including phenoxy) is 1. The van der Waals surface area contributed by atoms with E-state index < -0.39 is 47.2 Å². The molecule has 1 aromatic carbocycles. The number of aromatic nitrogens is 4. The van der Waals surface area contributed by atoms with E-state index in [0.717, 1.165) is 27.1 Å². The summed E-state index contributed by atoms with van der Waals surface area (Å²) in [4.78, 5) is 47.5. The van der Waals surface area contributed by atoms with Gasteiger partial charge in [0, 0.05) is 26.2 Å². The van der Waals surface area contributed by atoms with Crippen molar-refractivity contribution in [2.75, 3.05) is 49.6 Å². The summed E-state index contributed by atoms with van der Waals surface area (Å²) < 4.78 is 77.3. The zero-order valence-electron chi connectivity index (χ0n) is 26.3. The van der Waals surface area contributed by atoms with Crippen LogP contribution in [0.3, 0.4) is 0 Å². The number of hydrogen-bond acceptors (Lipinski definition) is 8. The second kappa shape index (κ2) is 13.0. The van der Waals surface area contributed by atoms with Crippen LogP contribution < -0.4 is 15.8 Å². The van der Waals surface area contributed by atoms with Crippen molar-refractivity contribution < 1.29 is 41.4 Å². The number of benzene rings is 1. The lowest BCUT2D eigenvalue weighted by molar-refractivity contribution is -0.223. The van der Waals surface area contributed by atoms with Crippen molar-refractivity contribution in [1.82, 2.24) is 24.1 Å². The molecule has 0 radical (unpaired) electrons. The van der Waals surface area contributed by atoms with Crippen LogP contribution in [0.5, 0.6) is 0 Å². The standard InChI is InChI=1S/C31H33ClF5N7O5/c1-2-22-24(41-10-12-42(13-11-41)27(47)30(33,34)29(48)8-3-9-29)26(46)44-28(39-25(40-44)18-6-14-49-15-7-18)43(22)17-23(45)38-21-5-4-19(16-20(21)32)31(35,36)37/h4-6,16,48H,2-3,7-15,17H2,1H3,(H,38,45). The highest BCUT2D eigenvalue weighted by Gasteiger charge is 2.62. The molecule has 18 heteroatoms. The summed E-state index contributed by atoms with van der Waals surface area (Å²) in [5, 5.41) is 16.9. The molecule has 2 fully saturated rings. The summed E-state index contributed by atoms with van der Waals surface area (Å²) in [5.41, 5.74) is -2.78. The third-order valence-corrected chi connectivity index (χ3v) is 9.51. The lowest BCUT2D eigenvalue weighted by Crippen LogP contribution is -2.63. The van der Waals surface area contributed by atoms with E-state index in [-0.39, 0.29) is 73.4 Å². The molecule has 12 nitrogen and oxygen atoms in total. The molecule has 2 aromatic heterocycles. The number of carbonyl (C=O) groups excluding carboxylic acids is 2. The summed E-state index contributed by atoms with van der Waals surface area (Å²) in [5.74, 6) is -5.83. The number of anilines is 2. The molecule has 264 valence electrons. The maximum atomic E-state index is 15.0. The Morgan fingerprint density at radius 3 is 2.41 bits per heavy atom. The first-order chi connectivity index (χ1) is 23.1. The second-order valence-corrected chi connectivity index (χ2v) is 12.6. The second-order valence-electron chi connectivity index (χ2n) is 12.2. The van der Waals surface area contributed by atoms with Crippen LogP contribution in [-0.4, -0.2) is 91.9 Å². The van der Waals surface area contributed by atoms with E-state index in [1.807, 2.05) is 0 Å². The maximum Gasteiger partial charge on any atom is 0.416 e. The van der Waals surface area contributed by atoms with E-state index in [1.54, 1.807) is 17.9 Å². The average molecular weight is 714 g/mol. The minimum Gasteiger partial charge on any atom is -0.383 e. The molecule has 3 aromatic rings. The molecule has 1 saturated heterocycles. The molecule has 49 heavy (non-hydrogen) atoms. The van der Waals surface area contributed by atoms with Gasteiger partial charge >= 0.3 is 12.1 Å². The molecule has 0 unspecified atom stereocenters. The van der Waals surface area contributed by atoms with E-state index in [9.17, 15) is 41.4 Å².